The second kappa shape index (κ2) is 5.58. The fourth-order valence-corrected chi connectivity index (χ4v) is 2.08. The smallest absolute Gasteiger partial charge is 0.358 e. The Hall–Kier alpha value is -1.96. The number of aryl methyl sites for hydroxylation is 1. The third-order valence-corrected chi connectivity index (χ3v) is 3.00. The monoisotopic (exact) mass is 268 g/mol. The first-order valence-corrected chi connectivity index (χ1v) is 6.16. The molecule has 2 aromatic heterocycles. The quantitative estimate of drug-likeness (QED) is 0.824. The first-order valence-electron chi connectivity index (χ1n) is 5.34. The van der Waals surface area contributed by atoms with Gasteiger partial charge in [-0.05, 0) is 13.8 Å². The van der Waals surface area contributed by atoms with Gasteiger partial charge in [0.2, 0.25) is 6.39 Å². The SMILES string of the molecule is CCOC(=O)c1nc(NCc2ncon2)sc1C. The predicted molar refractivity (Wildman–Crippen MR) is 64.4 cm³/mol. The van der Waals surface area contributed by atoms with E-state index < -0.39 is 5.97 Å². The molecule has 1 N–H and O–H groups in total. The molecule has 7 nitrogen and oxygen atoms in total. The van der Waals surface area contributed by atoms with Crippen LogP contribution in [0.4, 0.5) is 5.13 Å². The van der Waals surface area contributed by atoms with Crippen molar-refractivity contribution in [1.82, 2.24) is 15.1 Å². The van der Waals surface area contributed by atoms with E-state index in [1.165, 1.54) is 17.7 Å². The van der Waals surface area contributed by atoms with Crippen molar-refractivity contribution in [3.63, 3.8) is 0 Å². The number of ether oxygens (including phenoxy) is 1. The van der Waals surface area contributed by atoms with Crippen molar-refractivity contribution in [2.24, 2.45) is 0 Å². The lowest BCUT2D eigenvalue weighted by Gasteiger charge is -1.98. The Morgan fingerprint density at radius 3 is 3.11 bits per heavy atom. The van der Waals surface area contributed by atoms with Crippen molar-refractivity contribution in [2.75, 3.05) is 11.9 Å². The van der Waals surface area contributed by atoms with E-state index >= 15 is 0 Å². The van der Waals surface area contributed by atoms with Gasteiger partial charge in [0.1, 0.15) is 0 Å². The zero-order chi connectivity index (χ0) is 13.0. The van der Waals surface area contributed by atoms with Gasteiger partial charge in [-0.15, -0.1) is 11.3 Å². The van der Waals surface area contributed by atoms with Gasteiger partial charge in [-0.1, -0.05) is 5.16 Å². The number of aromatic nitrogens is 3. The molecule has 0 saturated carbocycles. The molecule has 0 fully saturated rings. The molecule has 0 saturated heterocycles. The van der Waals surface area contributed by atoms with Crippen LogP contribution in [0.1, 0.15) is 28.1 Å². The van der Waals surface area contributed by atoms with E-state index in [2.05, 4.69) is 25.0 Å². The molecule has 0 aliphatic heterocycles. The van der Waals surface area contributed by atoms with Crippen molar-refractivity contribution < 1.29 is 14.1 Å². The number of nitrogens with zero attached hydrogens (tertiary/aromatic N) is 3. The van der Waals surface area contributed by atoms with Crippen LogP contribution in [0.2, 0.25) is 0 Å². The van der Waals surface area contributed by atoms with Gasteiger partial charge in [-0.3, -0.25) is 0 Å². The first-order chi connectivity index (χ1) is 8.70. The van der Waals surface area contributed by atoms with Gasteiger partial charge in [0.25, 0.3) is 0 Å². The standard InChI is InChI=1S/C10H12N4O3S/c1-3-16-9(15)8-6(2)18-10(13-8)11-4-7-12-5-17-14-7/h5H,3-4H2,1-2H3,(H,11,13). The lowest BCUT2D eigenvalue weighted by Crippen LogP contribution is -2.07. The zero-order valence-electron chi connectivity index (χ0n) is 9.97. The maximum atomic E-state index is 11.6. The number of thiazole rings is 1. The molecule has 0 radical (unpaired) electrons. The molecule has 0 amide bonds. The van der Waals surface area contributed by atoms with Gasteiger partial charge >= 0.3 is 5.97 Å². The topological polar surface area (TPSA) is 90.1 Å². The Kier molecular flexibility index (Phi) is 3.88. The van der Waals surface area contributed by atoms with Crippen molar-refractivity contribution in [2.45, 2.75) is 20.4 Å². The van der Waals surface area contributed by atoms with E-state index in [0.29, 0.717) is 29.8 Å². The minimum atomic E-state index is -0.404. The average Bonchev–Trinajstić information content (AvgIpc) is 2.96. The molecule has 0 aliphatic carbocycles. The highest BCUT2D eigenvalue weighted by Crippen LogP contribution is 2.22. The minimum Gasteiger partial charge on any atom is -0.461 e. The second-order valence-electron chi connectivity index (χ2n) is 3.35. The Labute approximate surface area is 107 Å². The predicted octanol–water partition coefficient (Wildman–Crippen LogP) is 1.62. The highest BCUT2D eigenvalue weighted by atomic mass is 32.1. The average molecular weight is 268 g/mol. The Morgan fingerprint density at radius 1 is 1.61 bits per heavy atom. The molecular weight excluding hydrogens is 256 g/mol. The maximum absolute atomic E-state index is 11.6. The van der Waals surface area contributed by atoms with Crippen LogP contribution in [0.5, 0.6) is 0 Å². The molecule has 0 atom stereocenters. The molecule has 0 unspecified atom stereocenters. The van der Waals surface area contributed by atoms with E-state index in [1.54, 1.807) is 6.92 Å². The summed E-state index contributed by atoms with van der Waals surface area (Å²) in [5.41, 5.74) is 0.345. The molecule has 0 bridgehead atoms. The van der Waals surface area contributed by atoms with Crippen LogP contribution in [0.25, 0.3) is 0 Å². The van der Waals surface area contributed by atoms with Crippen LogP contribution in [0, 0.1) is 6.92 Å². The molecule has 0 aromatic carbocycles. The van der Waals surface area contributed by atoms with Gasteiger partial charge in [-0.2, -0.15) is 4.98 Å². The van der Waals surface area contributed by atoms with Gasteiger partial charge < -0.3 is 14.6 Å². The van der Waals surface area contributed by atoms with Gasteiger partial charge in [-0.25, -0.2) is 9.78 Å². The fraction of sp³-hybridized carbons (Fsp3) is 0.400. The minimum absolute atomic E-state index is 0.335. The van der Waals surface area contributed by atoms with Crippen LogP contribution < -0.4 is 5.32 Å². The number of anilines is 1. The number of hydrogen-bond donors (Lipinski definition) is 1. The summed E-state index contributed by atoms with van der Waals surface area (Å²) in [6.45, 7) is 4.31. The van der Waals surface area contributed by atoms with E-state index in [4.69, 9.17) is 4.74 Å². The first kappa shape index (κ1) is 12.5. The third-order valence-electron chi connectivity index (χ3n) is 2.07. The van der Waals surface area contributed by atoms with Crippen LogP contribution in [-0.2, 0) is 11.3 Å². The highest BCUT2D eigenvalue weighted by molar-refractivity contribution is 7.15. The molecule has 96 valence electrons. The molecule has 2 heterocycles. The normalized spacial score (nSPS) is 10.3. The van der Waals surface area contributed by atoms with Crippen LogP contribution in [0.15, 0.2) is 10.9 Å². The Bertz CT molecular complexity index is 523. The summed E-state index contributed by atoms with van der Waals surface area (Å²) in [5.74, 6) is 0.124. The number of rotatable bonds is 5. The lowest BCUT2D eigenvalue weighted by atomic mass is 10.4. The number of esters is 1. The Balaban J connectivity index is 2.02. The van der Waals surface area contributed by atoms with Crippen LogP contribution in [-0.4, -0.2) is 27.7 Å². The molecular formula is C10H12N4O3S. The number of carbonyl (C=O) groups is 1. The summed E-state index contributed by atoms with van der Waals surface area (Å²) in [6.07, 6.45) is 1.26. The van der Waals surface area contributed by atoms with Crippen molar-refractivity contribution in [3.05, 3.63) is 22.8 Å². The largest absolute Gasteiger partial charge is 0.461 e. The highest BCUT2D eigenvalue weighted by Gasteiger charge is 2.16. The maximum Gasteiger partial charge on any atom is 0.358 e. The molecule has 2 rings (SSSR count). The van der Waals surface area contributed by atoms with E-state index in [-0.39, 0.29) is 0 Å². The number of carbonyl (C=O) groups excluding carboxylic acids is 1. The summed E-state index contributed by atoms with van der Waals surface area (Å²) < 4.78 is 9.52. The summed E-state index contributed by atoms with van der Waals surface area (Å²) in [4.78, 5) is 20.4. The van der Waals surface area contributed by atoms with E-state index in [1.807, 2.05) is 6.92 Å². The van der Waals surface area contributed by atoms with Crippen molar-refractivity contribution in [1.29, 1.82) is 0 Å². The number of hydrogen-bond acceptors (Lipinski definition) is 8. The molecule has 0 aliphatic rings. The molecule has 18 heavy (non-hydrogen) atoms. The summed E-state index contributed by atoms with van der Waals surface area (Å²) in [7, 11) is 0. The Morgan fingerprint density at radius 2 is 2.44 bits per heavy atom. The van der Waals surface area contributed by atoms with E-state index in [0.717, 1.165) is 4.88 Å². The van der Waals surface area contributed by atoms with Gasteiger partial charge in [0.05, 0.1) is 13.2 Å². The van der Waals surface area contributed by atoms with Gasteiger partial charge in [0.15, 0.2) is 16.6 Å². The summed E-state index contributed by atoms with van der Waals surface area (Å²) in [5, 5.41) is 7.31. The lowest BCUT2D eigenvalue weighted by molar-refractivity contribution is 0.0519. The third kappa shape index (κ3) is 2.83. The zero-order valence-corrected chi connectivity index (χ0v) is 10.8. The molecule has 2 aromatic rings. The van der Waals surface area contributed by atoms with Crippen molar-refractivity contribution >= 4 is 22.4 Å². The number of nitrogens with one attached hydrogen (secondary N) is 1. The fourth-order valence-electron chi connectivity index (χ4n) is 1.29. The molecule has 0 spiro atoms. The van der Waals surface area contributed by atoms with Crippen molar-refractivity contribution in [3.8, 4) is 0 Å². The molecule has 8 heteroatoms. The second-order valence-corrected chi connectivity index (χ2v) is 4.55. The summed E-state index contributed by atoms with van der Waals surface area (Å²) in [6, 6.07) is 0. The van der Waals surface area contributed by atoms with Gasteiger partial charge in [0, 0.05) is 4.88 Å². The summed E-state index contributed by atoms with van der Waals surface area (Å²) >= 11 is 1.38. The van der Waals surface area contributed by atoms with E-state index in [9.17, 15) is 4.79 Å². The van der Waals surface area contributed by atoms with Crippen LogP contribution in [0.3, 0.4) is 0 Å². The van der Waals surface area contributed by atoms with Crippen LogP contribution >= 0.6 is 11.3 Å².